The van der Waals surface area contributed by atoms with Crippen molar-refractivity contribution in [1.29, 1.82) is 0 Å². The molecule has 0 aliphatic rings. The number of aromatic nitrogens is 1. The predicted molar refractivity (Wildman–Crippen MR) is 56.9 cm³/mol. The van der Waals surface area contributed by atoms with E-state index in [1.807, 2.05) is 0 Å². The van der Waals surface area contributed by atoms with Crippen LogP contribution in [0, 0.1) is 0 Å². The maximum atomic E-state index is 12.3. The summed E-state index contributed by atoms with van der Waals surface area (Å²) in [6.07, 6.45) is -1.78. The van der Waals surface area contributed by atoms with Crippen LogP contribution in [0.4, 0.5) is 13.2 Å². The monoisotopic (exact) mass is 266 g/mol. The van der Waals surface area contributed by atoms with Gasteiger partial charge in [0, 0.05) is 24.8 Å². The maximum absolute atomic E-state index is 12.3. The van der Waals surface area contributed by atoms with Gasteiger partial charge in [0.2, 0.25) is 0 Å². The fourth-order valence-corrected chi connectivity index (χ4v) is 1.45. The van der Waals surface area contributed by atoms with Gasteiger partial charge < -0.3 is 4.90 Å². The number of hydrogen-bond acceptors (Lipinski definition) is 2. The molecule has 1 rings (SSSR count). The SMILES string of the molecule is O=C(c1cccnc1)N(CCCl)CC(F)(F)F. The molecule has 0 aromatic carbocycles. The van der Waals surface area contributed by atoms with Crippen molar-refractivity contribution in [3.63, 3.8) is 0 Å². The van der Waals surface area contributed by atoms with Gasteiger partial charge in [0.25, 0.3) is 5.91 Å². The first-order chi connectivity index (χ1) is 7.94. The summed E-state index contributed by atoms with van der Waals surface area (Å²) < 4.78 is 36.8. The van der Waals surface area contributed by atoms with Crippen LogP contribution in [0.3, 0.4) is 0 Å². The van der Waals surface area contributed by atoms with E-state index in [0.29, 0.717) is 4.90 Å². The molecule has 0 fully saturated rings. The second kappa shape index (κ2) is 5.86. The van der Waals surface area contributed by atoms with Crippen molar-refractivity contribution in [1.82, 2.24) is 9.88 Å². The van der Waals surface area contributed by atoms with Gasteiger partial charge in [-0.2, -0.15) is 13.2 Å². The average molecular weight is 267 g/mol. The summed E-state index contributed by atoms with van der Waals surface area (Å²) in [5.74, 6) is -0.779. The van der Waals surface area contributed by atoms with Gasteiger partial charge in [-0.25, -0.2) is 0 Å². The zero-order chi connectivity index (χ0) is 12.9. The number of halogens is 4. The number of hydrogen-bond donors (Lipinski definition) is 0. The van der Waals surface area contributed by atoms with Crippen molar-refractivity contribution in [2.75, 3.05) is 19.0 Å². The number of alkyl halides is 4. The molecule has 7 heteroatoms. The minimum absolute atomic E-state index is 0.0535. The molecule has 1 amide bonds. The molecule has 1 aromatic heterocycles. The highest BCUT2D eigenvalue weighted by atomic mass is 35.5. The second-order valence-electron chi connectivity index (χ2n) is 3.27. The fraction of sp³-hybridized carbons (Fsp3) is 0.400. The second-order valence-corrected chi connectivity index (χ2v) is 3.65. The van der Waals surface area contributed by atoms with E-state index in [9.17, 15) is 18.0 Å². The lowest BCUT2D eigenvalue weighted by Crippen LogP contribution is -2.40. The Balaban J connectivity index is 2.81. The van der Waals surface area contributed by atoms with E-state index in [2.05, 4.69) is 4.98 Å². The Bertz CT molecular complexity index is 370. The average Bonchev–Trinajstić information content (AvgIpc) is 2.27. The molecule has 1 heterocycles. The summed E-state index contributed by atoms with van der Waals surface area (Å²) in [5.41, 5.74) is 0.113. The molecule has 0 N–H and O–H groups in total. The van der Waals surface area contributed by atoms with Crippen molar-refractivity contribution < 1.29 is 18.0 Å². The maximum Gasteiger partial charge on any atom is 0.406 e. The highest BCUT2D eigenvalue weighted by Gasteiger charge is 2.33. The largest absolute Gasteiger partial charge is 0.406 e. The Kier molecular flexibility index (Phi) is 4.74. The molecule has 0 spiro atoms. The van der Waals surface area contributed by atoms with Crippen molar-refractivity contribution in [3.8, 4) is 0 Å². The lowest BCUT2D eigenvalue weighted by Gasteiger charge is -2.22. The van der Waals surface area contributed by atoms with E-state index in [1.165, 1.54) is 24.5 Å². The van der Waals surface area contributed by atoms with E-state index in [0.717, 1.165) is 0 Å². The van der Waals surface area contributed by atoms with Gasteiger partial charge in [0.05, 0.1) is 5.56 Å². The third-order valence-corrected chi connectivity index (χ3v) is 2.09. The van der Waals surface area contributed by atoms with Crippen LogP contribution < -0.4 is 0 Å². The lowest BCUT2D eigenvalue weighted by atomic mass is 10.2. The molecular weight excluding hydrogens is 257 g/mol. The number of nitrogens with zero attached hydrogens (tertiary/aromatic N) is 2. The molecule has 0 unspecified atom stereocenters. The molecule has 0 saturated heterocycles. The Morgan fingerprint density at radius 1 is 1.47 bits per heavy atom. The fourth-order valence-electron chi connectivity index (χ4n) is 1.24. The first-order valence-corrected chi connectivity index (χ1v) is 5.29. The molecule has 94 valence electrons. The molecule has 17 heavy (non-hydrogen) atoms. The highest BCUT2D eigenvalue weighted by Crippen LogP contribution is 2.18. The number of carbonyl (C=O) groups is 1. The third-order valence-electron chi connectivity index (χ3n) is 1.92. The van der Waals surface area contributed by atoms with E-state index >= 15 is 0 Å². The van der Waals surface area contributed by atoms with Gasteiger partial charge in [0.15, 0.2) is 0 Å². The number of rotatable bonds is 4. The molecule has 0 atom stereocenters. The molecule has 0 aliphatic carbocycles. The van der Waals surface area contributed by atoms with Gasteiger partial charge in [-0.3, -0.25) is 9.78 Å². The Labute approximate surface area is 101 Å². The van der Waals surface area contributed by atoms with Gasteiger partial charge in [0.1, 0.15) is 6.54 Å². The van der Waals surface area contributed by atoms with Crippen LogP contribution in [0.2, 0.25) is 0 Å². The molecule has 0 aliphatic heterocycles. The summed E-state index contributed by atoms with van der Waals surface area (Å²) in [5, 5.41) is 0. The Morgan fingerprint density at radius 3 is 2.65 bits per heavy atom. The summed E-state index contributed by atoms with van der Waals surface area (Å²) in [6, 6.07) is 2.90. The smallest absolute Gasteiger partial charge is 0.328 e. The third kappa shape index (κ3) is 4.60. The molecule has 3 nitrogen and oxygen atoms in total. The molecule has 0 saturated carbocycles. The standard InChI is InChI=1S/C10H10ClF3N2O/c11-3-5-16(7-10(12,13)14)9(17)8-2-1-4-15-6-8/h1-2,4,6H,3,5,7H2. The van der Waals surface area contributed by atoms with Crippen LogP contribution in [0.15, 0.2) is 24.5 Å². The molecule has 0 bridgehead atoms. The minimum Gasteiger partial charge on any atom is -0.328 e. The predicted octanol–water partition coefficient (Wildman–Crippen LogP) is 2.32. The van der Waals surface area contributed by atoms with Crippen LogP contribution >= 0.6 is 11.6 Å². The van der Waals surface area contributed by atoms with Gasteiger partial charge in [-0.05, 0) is 12.1 Å². The first-order valence-electron chi connectivity index (χ1n) is 4.76. The Morgan fingerprint density at radius 2 is 2.18 bits per heavy atom. The van der Waals surface area contributed by atoms with Crippen LogP contribution in [-0.2, 0) is 0 Å². The van der Waals surface area contributed by atoms with Crippen LogP contribution in [-0.4, -0.2) is 40.9 Å². The lowest BCUT2D eigenvalue weighted by molar-refractivity contribution is -0.140. The minimum atomic E-state index is -4.44. The van der Waals surface area contributed by atoms with E-state index in [-0.39, 0.29) is 18.0 Å². The molecule has 0 radical (unpaired) electrons. The zero-order valence-electron chi connectivity index (χ0n) is 8.75. The van der Waals surface area contributed by atoms with Crippen LogP contribution in [0.5, 0.6) is 0 Å². The summed E-state index contributed by atoms with van der Waals surface area (Å²) in [6.45, 7) is -1.47. The van der Waals surface area contributed by atoms with Gasteiger partial charge in [-0.1, -0.05) is 0 Å². The quantitative estimate of drug-likeness (QED) is 0.784. The molecular formula is C10H10ClF3N2O. The summed E-state index contributed by atoms with van der Waals surface area (Å²) >= 11 is 5.38. The number of pyridine rings is 1. The summed E-state index contributed by atoms with van der Waals surface area (Å²) in [7, 11) is 0. The van der Waals surface area contributed by atoms with Crippen molar-refractivity contribution in [2.45, 2.75) is 6.18 Å². The van der Waals surface area contributed by atoms with Crippen molar-refractivity contribution in [3.05, 3.63) is 30.1 Å². The number of carbonyl (C=O) groups excluding carboxylic acids is 1. The summed E-state index contributed by atoms with van der Waals surface area (Å²) in [4.78, 5) is 16.1. The normalized spacial score (nSPS) is 11.3. The van der Waals surface area contributed by atoms with Crippen molar-refractivity contribution in [2.24, 2.45) is 0 Å². The van der Waals surface area contributed by atoms with E-state index in [1.54, 1.807) is 0 Å². The van der Waals surface area contributed by atoms with Gasteiger partial charge in [-0.15, -0.1) is 11.6 Å². The molecule has 1 aromatic rings. The Hall–Kier alpha value is -1.30. The van der Waals surface area contributed by atoms with E-state index < -0.39 is 18.6 Å². The van der Waals surface area contributed by atoms with Crippen molar-refractivity contribution >= 4 is 17.5 Å². The van der Waals surface area contributed by atoms with Crippen LogP contribution in [0.25, 0.3) is 0 Å². The first kappa shape index (κ1) is 13.8. The van der Waals surface area contributed by atoms with Gasteiger partial charge >= 0.3 is 6.18 Å². The topological polar surface area (TPSA) is 33.2 Å². The zero-order valence-corrected chi connectivity index (χ0v) is 9.50. The van der Waals surface area contributed by atoms with E-state index in [4.69, 9.17) is 11.6 Å². The van der Waals surface area contributed by atoms with Crippen LogP contribution in [0.1, 0.15) is 10.4 Å². The highest BCUT2D eigenvalue weighted by molar-refractivity contribution is 6.18. The number of amides is 1.